The van der Waals surface area contributed by atoms with Crippen LogP contribution in [0.3, 0.4) is 0 Å². The smallest absolute Gasteiger partial charge is 0.338 e. The molecule has 5 nitrogen and oxygen atoms in total. The van der Waals surface area contributed by atoms with Crippen LogP contribution in [0.4, 0.5) is 0 Å². The average Bonchev–Trinajstić information content (AvgIpc) is 2.73. The van der Waals surface area contributed by atoms with Crippen LogP contribution in [0.25, 0.3) is 0 Å². The molecule has 2 fully saturated rings. The number of rotatable bonds is 3. The molecule has 23 heavy (non-hydrogen) atoms. The summed E-state index contributed by atoms with van der Waals surface area (Å²) in [5, 5.41) is 0. The minimum Gasteiger partial charge on any atom is -0.469 e. The van der Waals surface area contributed by atoms with Crippen LogP contribution in [0.15, 0.2) is 30.3 Å². The molecule has 2 aliphatic heterocycles. The molecule has 0 spiro atoms. The largest absolute Gasteiger partial charge is 0.469 e. The highest BCUT2D eigenvalue weighted by Crippen LogP contribution is 2.44. The Kier molecular flexibility index (Phi) is 4.15. The van der Waals surface area contributed by atoms with Crippen LogP contribution in [0, 0.1) is 5.92 Å². The Morgan fingerprint density at radius 3 is 2.48 bits per heavy atom. The van der Waals surface area contributed by atoms with Gasteiger partial charge in [0.25, 0.3) is 0 Å². The zero-order valence-electron chi connectivity index (χ0n) is 13.9. The van der Waals surface area contributed by atoms with Crippen LogP contribution in [0.1, 0.15) is 29.6 Å². The molecule has 5 heteroatoms. The fraction of sp³-hybridized carbons (Fsp3) is 0.556. The maximum absolute atomic E-state index is 12.4. The first-order chi connectivity index (χ1) is 10.9. The molecule has 2 aliphatic rings. The van der Waals surface area contributed by atoms with Crippen LogP contribution in [-0.4, -0.2) is 55.8 Å². The highest BCUT2D eigenvalue weighted by atomic mass is 16.6. The number of esters is 2. The van der Waals surface area contributed by atoms with Crippen molar-refractivity contribution >= 4 is 11.9 Å². The van der Waals surface area contributed by atoms with Gasteiger partial charge in [0.15, 0.2) is 0 Å². The van der Waals surface area contributed by atoms with Gasteiger partial charge in [-0.3, -0.25) is 4.79 Å². The van der Waals surface area contributed by atoms with Gasteiger partial charge in [-0.15, -0.1) is 0 Å². The number of ether oxygens (including phenoxy) is 2. The maximum Gasteiger partial charge on any atom is 0.338 e. The fourth-order valence-corrected chi connectivity index (χ4v) is 4.29. The molecule has 2 saturated heterocycles. The molecule has 0 saturated carbocycles. The number of methoxy groups -OCH3 is 1. The molecule has 3 rings (SSSR count). The average molecular weight is 318 g/mol. The minimum absolute atomic E-state index is 0.148. The highest BCUT2D eigenvalue weighted by Gasteiger charge is 2.58. The molecule has 0 aliphatic carbocycles. The van der Waals surface area contributed by atoms with Crippen molar-refractivity contribution in [3.8, 4) is 0 Å². The first-order valence-corrected chi connectivity index (χ1v) is 8.12. The number of quaternary nitrogens is 1. The zero-order valence-corrected chi connectivity index (χ0v) is 13.9. The van der Waals surface area contributed by atoms with Crippen molar-refractivity contribution in [3.05, 3.63) is 35.9 Å². The van der Waals surface area contributed by atoms with Gasteiger partial charge >= 0.3 is 11.9 Å². The minimum atomic E-state index is -0.404. The number of piperidine rings is 1. The van der Waals surface area contributed by atoms with E-state index in [4.69, 9.17) is 9.47 Å². The highest BCUT2D eigenvalue weighted by molar-refractivity contribution is 5.89. The maximum atomic E-state index is 12.4. The molecule has 0 amide bonds. The molecule has 124 valence electrons. The number of benzene rings is 1. The topological polar surface area (TPSA) is 52.6 Å². The summed E-state index contributed by atoms with van der Waals surface area (Å²) >= 11 is 0. The van der Waals surface area contributed by atoms with Gasteiger partial charge < -0.3 is 14.0 Å². The van der Waals surface area contributed by atoms with Crippen molar-refractivity contribution < 1.29 is 23.5 Å². The number of hydrogen-bond donors (Lipinski definition) is 0. The molecule has 4 atom stereocenters. The van der Waals surface area contributed by atoms with Gasteiger partial charge in [-0.2, -0.15) is 0 Å². The summed E-state index contributed by atoms with van der Waals surface area (Å²) in [7, 11) is 5.72. The quantitative estimate of drug-likeness (QED) is 0.632. The normalized spacial score (nSPS) is 31.4. The molecule has 2 heterocycles. The summed E-state index contributed by atoms with van der Waals surface area (Å²) in [4.78, 5) is 24.7. The third-order valence-corrected chi connectivity index (χ3v) is 5.65. The van der Waals surface area contributed by atoms with E-state index in [1.165, 1.54) is 7.11 Å². The first-order valence-electron chi connectivity index (χ1n) is 8.12. The van der Waals surface area contributed by atoms with Gasteiger partial charge in [-0.25, -0.2) is 4.79 Å². The van der Waals surface area contributed by atoms with Gasteiger partial charge in [-0.05, 0) is 12.1 Å². The van der Waals surface area contributed by atoms with Crippen LogP contribution in [0.5, 0.6) is 0 Å². The molecular formula is C18H24NO4+. The van der Waals surface area contributed by atoms with Gasteiger partial charge in [-0.1, -0.05) is 18.2 Å². The van der Waals surface area contributed by atoms with E-state index in [1.807, 2.05) is 6.07 Å². The summed E-state index contributed by atoms with van der Waals surface area (Å²) in [5.74, 6) is -1.02. The number of carbonyl (C=O) groups is 2. The number of carbonyl (C=O) groups excluding carboxylic acids is 2. The van der Waals surface area contributed by atoms with Crippen LogP contribution < -0.4 is 0 Å². The van der Waals surface area contributed by atoms with Crippen molar-refractivity contribution in [1.82, 2.24) is 0 Å². The number of fused-ring (bicyclic) bond motifs is 2. The summed E-state index contributed by atoms with van der Waals surface area (Å²) in [6.07, 6.45) is 2.34. The standard InChI is InChI=1S/C18H24NO4/c1-19(2)13-9-10-14(19)16(18(21)22-3)15(11-13)23-17(20)12-7-5-4-6-8-12/h4-8,13-16H,9-11H2,1-3H3/q+1/t13-,14?,15?,16?/m1/s1. The molecule has 3 unspecified atom stereocenters. The van der Waals surface area contributed by atoms with E-state index in [0.717, 1.165) is 17.3 Å². The van der Waals surface area contributed by atoms with Gasteiger partial charge in [0.1, 0.15) is 18.1 Å². The summed E-state index contributed by atoms with van der Waals surface area (Å²) in [5.41, 5.74) is 0.516. The van der Waals surface area contributed by atoms with Crippen LogP contribution in [0.2, 0.25) is 0 Å². The summed E-state index contributed by atoms with van der Waals surface area (Å²) in [6.45, 7) is 0. The second kappa shape index (κ2) is 5.96. The molecule has 0 aromatic heterocycles. The zero-order chi connectivity index (χ0) is 16.6. The second-order valence-electron chi connectivity index (χ2n) is 7.02. The Bertz CT molecular complexity index is 598. The fourth-order valence-electron chi connectivity index (χ4n) is 4.29. The van der Waals surface area contributed by atoms with Gasteiger partial charge in [0, 0.05) is 19.3 Å². The third kappa shape index (κ3) is 2.74. The van der Waals surface area contributed by atoms with Crippen molar-refractivity contribution in [2.75, 3.05) is 21.2 Å². The van der Waals surface area contributed by atoms with Crippen molar-refractivity contribution in [2.24, 2.45) is 5.92 Å². The molecule has 2 bridgehead atoms. The molecule has 0 radical (unpaired) electrons. The second-order valence-corrected chi connectivity index (χ2v) is 7.02. The SMILES string of the molecule is COC(=O)C1C(OC(=O)c2ccccc2)C[C@H]2CCC1[N+]2(C)C. The first kappa shape index (κ1) is 16.0. The van der Waals surface area contributed by atoms with E-state index in [-0.39, 0.29) is 23.9 Å². The van der Waals surface area contributed by atoms with Gasteiger partial charge in [0.2, 0.25) is 0 Å². The van der Waals surface area contributed by atoms with Crippen molar-refractivity contribution in [3.63, 3.8) is 0 Å². The Morgan fingerprint density at radius 1 is 1.13 bits per heavy atom. The van der Waals surface area contributed by atoms with E-state index in [2.05, 4.69) is 14.1 Å². The molecule has 0 N–H and O–H groups in total. The Labute approximate surface area is 136 Å². The Morgan fingerprint density at radius 2 is 1.83 bits per heavy atom. The summed E-state index contributed by atoms with van der Waals surface area (Å²) < 4.78 is 11.6. The molecule has 1 aromatic carbocycles. The van der Waals surface area contributed by atoms with Crippen LogP contribution in [-0.2, 0) is 14.3 Å². The Balaban J connectivity index is 1.83. The summed E-state index contributed by atoms with van der Waals surface area (Å²) in [6, 6.07) is 9.50. The van der Waals surface area contributed by atoms with E-state index in [9.17, 15) is 9.59 Å². The lowest BCUT2D eigenvalue weighted by atomic mass is 9.85. The van der Waals surface area contributed by atoms with E-state index in [0.29, 0.717) is 18.0 Å². The van der Waals surface area contributed by atoms with E-state index in [1.54, 1.807) is 24.3 Å². The third-order valence-electron chi connectivity index (χ3n) is 5.65. The van der Waals surface area contributed by atoms with Gasteiger partial charge in [0.05, 0.1) is 32.8 Å². The van der Waals surface area contributed by atoms with E-state index < -0.39 is 6.10 Å². The van der Waals surface area contributed by atoms with Crippen molar-refractivity contribution in [2.45, 2.75) is 37.5 Å². The molecular weight excluding hydrogens is 294 g/mol. The lowest BCUT2D eigenvalue weighted by Gasteiger charge is -2.47. The van der Waals surface area contributed by atoms with Crippen molar-refractivity contribution in [1.29, 1.82) is 0 Å². The number of nitrogens with zero attached hydrogens (tertiary/aromatic N) is 1. The number of hydrogen-bond acceptors (Lipinski definition) is 4. The lowest BCUT2D eigenvalue weighted by Crippen LogP contribution is -2.62. The van der Waals surface area contributed by atoms with E-state index >= 15 is 0 Å². The monoisotopic (exact) mass is 318 g/mol. The Hall–Kier alpha value is -1.88. The molecule has 1 aromatic rings. The predicted octanol–water partition coefficient (Wildman–Crippen LogP) is 2.01. The lowest BCUT2D eigenvalue weighted by molar-refractivity contribution is -0.934. The van der Waals surface area contributed by atoms with Crippen LogP contribution >= 0.6 is 0 Å². The predicted molar refractivity (Wildman–Crippen MR) is 84.7 cm³/mol.